The molecular weight excluding hydrogens is 625 g/mol. The molecule has 4 aromatic carbocycles. The number of benzene rings is 4. The van der Waals surface area contributed by atoms with Gasteiger partial charge in [0.1, 0.15) is 11.5 Å². The Morgan fingerprint density at radius 1 is 0.543 bits per heavy atom. The Kier molecular flexibility index (Phi) is 6.44. The fourth-order valence-electron chi connectivity index (χ4n) is 5.08. The summed E-state index contributed by atoms with van der Waals surface area (Å²) in [6.07, 6.45) is 6.22. The van der Waals surface area contributed by atoms with Crippen molar-refractivity contribution in [2.45, 2.75) is 0 Å². The SMILES string of the molecule is O=c1c(/C=C/c2c(O)ccc3ccccc23)nnc2sc(-c3nn4c(=O)c(/C=C/c5c(O)ccc6ccccc56)nnc4s3)nn12. The van der Waals surface area contributed by atoms with Gasteiger partial charge >= 0.3 is 11.1 Å². The molecule has 0 amide bonds. The molecule has 0 aliphatic heterocycles. The molecule has 4 aromatic heterocycles. The molecule has 0 fully saturated rings. The van der Waals surface area contributed by atoms with Gasteiger partial charge in [-0.2, -0.15) is 9.03 Å². The summed E-state index contributed by atoms with van der Waals surface area (Å²) in [4.78, 5) is 27.0. The number of aromatic hydroxyl groups is 2. The van der Waals surface area contributed by atoms with Crippen LogP contribution in [0.4, 0.5) is 0 Å². The van der Waals surface area contributed by atoms with Gasteiger partial charge in [-0.25, -0.2) is 0 Å². The third kappa shape index (κ3) is 4.60. The summed E-state index contributed by atoms with van der Waals surface area (Å²) in [5.41, 5.74) is 0.139. The summed E-state index contributed by atoms with van der Waals surface area (Å²) in [6, 6.07) is 22.0. The second-order valence-electron chi connectivity index (χ2n) is 10.1. The van der Waals surface area contributed by atoms with Gasteiger partial charge in [-0.3, -0.25) is 9.59 Å². The van der Waals surface area contributed by atoms with E-state index in [4.69, 9.17) is 0 Å². The first kappa shape index (κ1) is 27.4. The second-order valence-corrected chi connectivity index (χ2v) is 12.0. The maximum absolute atomic E-state index is 13.3. The zero-order valence-electron chi connectivity index (χ0n) is 23.3. The maximum Gasteiger partial charge on any atom is 0.301 e. The molecule has 8 rings (SSSR count). The Balaban J connectivity index is 1.13. The summed E-state index contributed by atoms with van der Waals surface area (Å²) in [6.45, 7) is 0. The number of nitrogens with zero attached hydrogens (tertiary/aromatic N) is 8. The number of aromatic nitrogens is 8. The van der Waals surface area contributed by atoms with Crippen LogP contribution in [0.2, 0.25) is 0 Å². The van der Waals surface area contributed by atoms with Crippen molar-refractivity contribution in [1.82, 2.24) is 39.6 Å². The first-order chi connectivity index (χ1) is 22.4. The number of phenolic OH excluding ortho intramolecular Hbond substituents is 2. The number of hydrogen-bond donors (Lipinski definition) is 2. The van der Waals surface area contributed by atoms with E-state index in [0.717, 1.165) is 53.2 Å². The molecule has 0 spiro atoms. The van der Waals surface area contributed by atoms with Gasteiger partial charge in [-0.05, 0) is 58.0 Å². The zero-order valence-corrected chi connectivity index (χ0v) is 25.0. The average Bonchev–Trinajstić information content (AvgIpc) is 3.71. The molecule has 46 heavy (non-hydrogen) atoms. The van der Waals surface area contributed by atoms with E-state index in [1.165, 1.54) is 12.2 Å². The Labute approximate surface area is 265 Å². The van der Waals surface area contributed by atoms with Crippen LogP contribution in [0.3, 0.4) is 0 Å². The predicted octanol–water partition coefficient (Wildman–Crippen LogP) is 5.13. The minimum absolute atomic E-state index is 0.0294. The van der Waals surface area contributed by atoms with E-state index in [0.29, 0.717) is 21.1 Å². The minimum atomic E-state index is -0.509. The average molecular weight is 643 g/mol. The van der Waals surface area contributed by atoms with Crippen molar-refractivity contribution in [3.63, 3.8) is 0 Å². The van der Waals surface area contributed by atoms with Gasteiger partial charge in [0.25, 0.3) is 0 Å². The Bertz CT molecular complexity index is 2510. The van der Waals surface area contributed by atoms with Crippen LogP contribution in [0.25, 0.3) is 65.8 Å². The van der Waals surface area contributed by atoms with Crippen molar-refractivity contribution in [2.75, 3.05) is 0 Å². The number of phenols is 2. The molecule has 14 heteroatoms. The van der Waals surface area contributed by atoms with Gasteiger partial charge in [0.2, 0.25) is 9.92 Å². The van der Waals surface area contributed by atoms with E-state index in [1.54, 1.807) is 24.3 Å². The molecule has 12 nitrogen and oxygen atoms in total. The van der Waals surface area contributed by atoms with Crippen LogP contribution in [-0.4, -0.2) is 49.8 Å². The standard InChI is InChI=1S/C32H18N8O4S2/c41-25-15-9-17-5-1-3-7-19(17)21(25)11-13-23-29(43)39-31(35-33-23)45-27(37-39)28-38-40-30(44)24(34-36-32(40)46-28)14-12-22-20-8-4-2-6-18(20)10-16-26(22)42/h1-16,41-42H/b13-11+,14-12+. The molecule has 4 heterocycles. The smallest absolute Gasteiger partial charge is 0.301 e. The lowest BCUT2D eigenvalue weighted by molar-refractivity contribution is 0.474. The zero-order chi connectivity index (χ0) is 31.4. The quantitative estimate of drug-likeness (QED) is 0.258. The summed E-state index contributed by atoms with van der Waals surface area (Å²) < 4.78 is 2.25. The fraction of sp³-hybridized carbons (Fsp3) is 0. The van der Waals surface area contributed by atoms with Crippen LogP contribution in [0, 0.1) is 0 Å². The summed E-state index contributed by atoms with van der Waals surface area (Å²) in [5.74, 6) is 0.138. The minimum Gasteiger partial charge on any atom is -0.507 e. The van der Waals surface area contributed by atoms with Gasteiger partial charge < -0.3 is 10.2 Å². The lowest BCUT2D eigenvalue weighted by atomic mass is 10.0. The molecule has 8 aromatic rings. The van der Waals surface area contributed by atoms with Crippen LogP contribution >= 0.6 is 22.7 Å². The largest absolute Gasteiger partial charge is 0.507 e. The van der Waals surface area contributed by atoms with E-state index < -0.39 is 11.1 Å². The lowest BCUT2D eigenvalue weighted by Gasteiger charge is -2.04. The molecule has 222 valence electrons. The molecule has 0 aliphatic carbocycles. The fourth-order valence-corrected chi connectivity index (χ4v) is 6.76. The molecule has 0 saturated heterocycles. The predicted molar refractivity (Wildman–Crippen MR) is 178 cm³/mol. The van der Waals surface area contributed by atoms with E-state index >= 15 is 0 Å². The number of hydrogen-bond acceptors (Lipinski definition) is 12. The molecule has 0 radical (unpaired) electrons. The molecule has 0 unspecified atom stereocenters. The van der Waals surface area contributed by atoms with Crippen LogP contribution in [0.15, 0.2) is 82.4 Å². The summed E-state index contributed by atoms with van der Waals surface area (Å²) in [5, 5.41) is 50.4. The molecule has 0 atom stereocenters. The van der Waals surface area contributed by atoms with Gasteiger partial charge in [0, 0.05) is 11.1 Å². The van der Waals surface area contributed by atoms with E-state index in [1.807, 2.05) is 60.7 Å². The second kappa shape index (κ2) is 10.8. The molecular formula is C32H18N8O4S2. The number of rotatable bonds is 5. The monoisotopic (exact) mass is 642 g/mol. The van der Waals surface area contributed by atoms with Crippen molar-refractivity contribution >= 4 is 78.4 Å². The Morgan fingerprint density at radius 2 is 0.978 bits per heavy atom. The van der Waals surface area contributed by atoms with Crippen molar-refractivity contribution in [3.05, 3.63) is 116 Å². The highest BCUT2D eigenvalue weighted by atomic mass is 32.1. The van der Waals surface area contributed by atoms with Crippen molar-refractivity contribution in [2.24, 2.45) is 0 Å². The molecule has 0 aliphatic rings. The number of fused-ring (bicyclic) bond motifs is 4. The topological polar surface area (TPSA) is 161 Å². The lowest BCUT2D eigenvalue weighted by Crippen LogP contribution is -2.19. The summed E-state index contributed by atoms with van der Waals surface area (Å²) in [7, 11) is 0. The van der Waals surface area contributed by atoms with Crippen molar-refractivity contribution in [1.29, 1.82) is 0 Å². The maximum atomic E-state index is 13.3. The first-order valence-corrected chi connectivity index (χ1v) is 15.4. The highest BCUT2D eigenvalue weighted by Gasteiger charge is 2.18. The van der Waals surface area contributed by atoms with E-state index in [-0.39, 0.29) is 32.8 Å². The normalized spacial score (nSPS) is 12.1. The van der Waals surface area contributed by atoms with Gasteiger partial charge in [0.15, 0.2) is 21.4 Å². The highest BCUT2D eigenvalue weighted by molar-refractivity contribution is 7.25. The first-order valence-electron chi connectivity index (χ1n) is 13.8. The Morgan fingerprint density at radius 3 is 1.43 bits per heavy atom. The van der Waals surface area contributed by atoms with Crippen LogP contribution in [0.5, 0.6) is 11.5 Å². The van der Waals surface area contributed by atoms with Gasteiger partial charge in [-0.1, -0.05) is 83.3 Å². The Hall–Kier alpha value is -6.12. The van der Waals surface area contributed by atoms with Crippen LogP contribution in [-0.2, 0) is 0 Å². The third-order valence-corrected chi connectivity index (χ3v) is 9.26. The summed E-state index contributed by atoms with van der Waals surface area (Å²) >= 11 is 2.17. The van der Waals surface area contributed by atoms with Crippen molar-refractivity contribution < 1.29 is 10.2 Å². The molecule has 2 N–H and O–H groups in total. The van der Waals surface area contributed by atoms with Crippen LogP contribution in [0.1, 0.15) is 22.5 Å². The molecule has 0 bridgehead atoms. The van der Waals surface area contributed by atoms with Crippen LogP contribution < -0.4 is 11.1 Å². The van der Waals surface area contributed by atoms with Crippen molar-refractivity contribution in [3.8, 4) is 21.5 Å². The highest BCUT2D eigenvalue weighted by Crippen LogP contribution is 2.31. The van der Waals surface area contributed by atoms with E-state index in [9.17, 15) is 19.8 Å². The van der Waals surface area contributed by atoms with Gasteiger partial charge in [-0.15, -0.1) is 30.6 Å². The van der Waals surface area contributed by atoms with Gasteiger partial charge in [0.05, 0.1) is 0 Å². The van der Waals surface area contributed by atoms with E-state index in [2.05, 4.69) is 30.6 Å². The molecule has 0 saturated carbocycles. The third-order valence-electron chi connectivity index (χ3n) is 7.32.